The molecule has 0 atom stereocenters. The summed E-state index contributed by atoms with van der Waals surface area (Å²) in [6, 6.07) is 0.532. The van der Waals surface area contributed by atoms with Crippen molar-refractivity contribution in [3.05, 3.63) is 26.3 Å². The summed E-state index contributed by atoms with van der Waals surface area (Å²) in [4.78, 5) is 12.6. The van der Waals surface area contributed by atoms with Crippen molar-refractivity contribution in [3.8, 4) is 5.75 Å². The SMILES string of the molecule is O=[N+]([O-])c1cc(C(F)F)c(O)c(Br)n1. The summed E-state index contributed by atoms with van der Waals surface area (Å²) >= 11 is 2.63. The van der Waals surface area contributed by atoms with Crippen molar-refractivity contribution < 1.29 is 18.8 Å². The molecule has 0 unspecified atom stereocenters. The standard InChI is InChI=1S/C6H3BrF2N2O3/c7-5-4(12)2(6(8)9)1-3(10-5)11(13)14/h1,6,12H. The van der Waals surface area contributed by atoms with Crippen molar-refractivity contribution in [2.45, 2.75) is 6.43 Å². The molecule has 14 heavy (non-hydrogen) atoms. The number of hydrogen-bond donors (Lipinski definition) is 1. The van der Waals surface area contributed by atoms with Gasteiger partial charge in [0.15, 0.2) is 5.75 Å². The Morgan fingerprint density at radius 2 is 2.21 bits per heavy atom. The van der Waals surface area contributed by atoms with E-state index in [0.717, 1.165) is 0 Å². The molecule has 1 N–H and O–H groups in total. The third kappa shape index (κ3) is 1.95. The molecule has 1 heterocycles. The highest BCUT2D eigenvalue weighted by molar-refractivity contribution is 9.10. The molecule has 0 spiro atoms. The van der Waals surface area contributed by atoms with Crippen molar-refractivity contribution in [1.82, 2.24) is 4.98 Å². The Morgan fingerprint density at radius 1 is 1.64 bits per heavy atom. The number of aromatic nitrogens is 1. The second kappa shape index (κ2) is 3.82. The maximum atomic E-state index is 12.2. The van der Waals surface area contributed by atoms with Crippen LogP contribution in [-0.4, -0.2) is 15.0 Å². The largest absolute Gasteiger partial charge is 0.503 e. The van der Waals surface area contributed by atoms with Crippen LogP contribution in [0.1, 0.15) is 12.0 Å². The molecular weight excluding hydrogens is 266 g/mol. The molecule has 0 aliphatic rings. The van der Waals surface area contributed by atoms with Gasteiger partial charge in [-0.1, -0.05) is 0 Å². The Balaban J connectivity index is 3.35. The van der Waals surface area contributed by atoms with Crippen LogP contribution >= 0.6 is 15.9 Å². The molecule has 1 aromatic heterocycles. The minimum Gasteiger partial charge on any atom is -0.503 e. The third-order valence-electron chi connectivity index (χ3n) is 1.39. The molecule has 8 heteroatoms. The Morgan fingerprint density at radius 3 is 2.64 bits per heavy atom. The average molecular weight is 269 g/mol. The fraction of sp³-hybridized carbons (Fsp3) is 0.167. The number of pyridine rings is 1. The molecule has 76 valence electrons. The summed E-state index contributed by atoms with van der Waals surface area (Å²) in [5.74, 6) is -1.53. The van der Waals surface area contributed by atoms with Crippen molar-refractivity contribution in [1.29, 1.82) is 0 Å². The van der Waals surface area contributed by atoms with Gasteiger partial charge in [0.1, 0.15) is 0 Å². The summed E-state index contributed by atoms with van der Waals surface area (Å²) in [6.07, 6.45) is -2.99. The molecular formula is C6H3BrF2N2O3. The minimum atomic E-state index is -2.99. The van der Waals surface area contributed by atoms with Crippen LogP contribution in [0.25, 0.3) is 0 Å². The first-order valence-corrected chi connectivity index (χ1v) is 4.04. The van der Waals surface area contributed by atoms with Crippen molar-refractivity contribution in [2.75, 3.05) is 0 Å². The Kier molecular flexibility index (Phi) is 2.94. The van der Waals surface area contributed by atoms with E-state index in [2.05, 4.69) is 20.9 Å². The van der Waals surface area contributed by atoms with E-state index in [9.17, 15) is 18.9 Å². The Hall–Kier alpha value is -1.31. The van der Waals surface area contributed by atoms with E-state index in [1.807, 2.05) is 0 Å². The second-order valence-electron chi connectivity index (χ2n) is 2.27. The zero-order valence-corrected chi connectivity index (χ0v) is 8.03. The van der Waals surface area contributed by atoms with Crippen LogP contribution in [0.2, 0.25) is 0 Å². The maximum absolute atomic E-state index is 12.2. The summed E-state index contributed by atoms with van der Waals surface area (Å²) in [5.41, 5.74) is -0.821. The molecule has 1 aromatic rings. The zero-order chi connectivity index (χ0) is 10.9. The van der Waals surface area contributed by atoms with Gasteiger partial charge in [-0.05, 0) is 9.91 Å². The number of nitrogens with zero attached hydrogens (tertiary/aromatic N) is 2. The van der Waals surface area contributed by atoms with E-state index in [-0.39, 0.29) is 4.60 Å². The molecule has 0 aromatic carbocycles. The smallest absolute Gasteiger partial charge is 0.365 e. The Labute approximate surface area is 84.7 Å². The van der Waals surface area contributed by atoms with Crippen molar-refractivity contribution >= 4 is 21.7 Å². The predicted octanol–water partition coefficient (Wildman–Crippen LogP) is 2.40. The number of rotatable bonds is 2. The fourth-order valence-electron chi connectivity index (χ4n) is 0.772. The number of alkyl halides is 2. The maximum Gasteiger partial charge on any atom is 0.365 e. The third-order valence-corrected chi connectivity index (χ3v) is 1.94. The zero-order valence-electron chi connectivity index (χ0n) is 6.45. The van der Waals surface area contributed by atoms with Crippen molar-refractivity contribution in [3.63, 3.8) is 0 Å². The summed E-state index contributed by atoms with van der Waals surface area (Å²) < 4.78 is 24.1. The highest BCUT2D eigenvalue weighted by atomic mass is 79.9. The van der Waals surface area contributed by atoms with Crippen LogP contribution in [-0.2, 0) is 0 Å². The quantitative estimate of drug-likeness (QED) is 0.508. The van der Waals surface area contributed by atoms with Crippen LogP contribution in [0, 0.1) is 10.1 Å². The highest BCUT2D eigenvalue weighted by Crippen LogP contribution is 2.35. The minimum absolute atomic E-state index is 0.373. The Bertz CT molecular complexity index is 386. The van der Waals surface area contributed by atoms with Gasteiger partial charge < -0.3 is 15.2 Å². The lowest BCUT2D eigenvalue weighted by Gasteiger charge is -2.02. The van der Waals surface area contributed by atoms with E-state index in [4.69, 9.17) is 5.11 Å². The van der Waals surface area contributed by atoms with Gasteiger partial charge in [0.25, 0.3) is 11.0 Å². The van der Waals surface area contributed by atoms with Gasteiger partial charge in [-0.15, -0.1) is 0 Å². The van der Waals surface area contributed by atoms with Crippen LogP contribution in [0.5, 0.6) is 5.75 Å². The molecule has 0 fully saturated rings. The summed E-state index contributed by atoms with van der Waals surface area (Å²) in [5, 5.41) is 19.3. The predicted molar refractivity (Wildman–Crippen MR) is 45.2 cm³/mol. The molecule has 1 rings (SSSR count). The first-order valence-electron chi connectivity index (χ1n) is 3.25. The molecule has 5 nitrogen and oxygen atoms in total. The molecule has 0 bridgehead atoms. The monoisotopic (exact) mass is 268 g/mol. The lowest BCUT2D eigenvalue weighted by molar-refractivity contribution is -0.389. The van der Waals surface area contributed by atoms with Gasteiger partial charge in [0.2, 0.25) is 0 Å². The first kappa shape index (κ1) is 10.8. The van der Waals surface area contributed by atoms with Gasteiger partial charge in [-0.3, -0.25) is 0 Å². The molecule has 0 aliphatic heterocycles. The highest BCUT2D eigenvalue weighted by Gasteiger charge is 2.23. The van der Waals surface area contributed by atoms with Crippen LogP contribution in [0.4, 0.5) is 14.6 Å². The summed E-state index contributed by atoms with van der Waals surface area (Å²) in [6.45, 7) is 0. The number of aromatic hydroxyl groups is 1. The van der Waals surface area contributed by atoms with Crippen LogP contribution in [0.15, 0.2) is 10.7 Å². The first-order chi connectivity index (χ1) is 6.43. The van der Waals surface area contributed by atoms with Gasteiger partial charge >= 0.3 is 5.82 Å². The fourth-order valence-corrected chi connectivity index (χ4v) is 1.18. The molecule has 0 saturated heterocycles. The van der Waals surface area contributed by atoms with E-state index in [1.165, 1.54) is 0 Å². The average Bonchev–Trinajstić information content (AvgIpc) is 2.08. The molecule has 0 saturated carbocycles. The molecule has 0 aliphatic carbocycles. The van der Waals surface area contributed by atoms with E-state index >= 15 is 0 Å². The van der Waals surface area contributed by atoms with Crippen LogP contribution < -0.4 is 0 Å². The molecule has 0 amide bonds. The summed E-state index contributed by atoms with van der Waals surface area (Å²) in [7, 11) is 0. The van der Waals surface area contributed by atoms with E-state index < -0.39 is 28.5 Å². The topological polar surface area (TPSA) is 76.3 Å². The van der Waals surface area contributed by atoms with Crippen molar-refractivity contribution in [2.24, 2.45) is 0 Å². The van der Waals surface area contributed by atoms with E-state index in [0.29, 0.717) is 6.07 Å². The van der Waals surface area contributed by atoms with Gasteiger partial charge in [0, 0.05) is 22.0 Å². The number of nitro groups is 1. The second-order valence-corrected chi connectivity index (χ2v) is 3.02. The van der Waals surface area contributed by atoms with Crippen LogP contribution in [0.3, 0.4) is 0 Å². The number of hydrogen-bond acceptors (Lipinski definition) is 4. The molecule has 0 radical (unpaired) electrons. The van der Waals surface area contributed by atoms with Gasteiger partial charge in [-0.25, -0.2) is 8.78 Å². The van der Waals surface area contributed by atoms with Gasteiger partial charge in [-0.2, -0.15) is 0 Å². The number of halogens is 3. The lowest BCUT2D eigenvalue weighted by Crippen LogP contribution is -1.96. The van der Waals surface area contributed by atoms with E-state index in [1.54, 1.807) is 0 Å². The van der Waals surface area contributed by atoms with Gasteiger partial charge in [0.05, 0.1) is 5.56 Å². The lowest BCUT2D eigenvalue weighted by atomic mass is 10.2. The normalized spacial score (nSPS) is 10.6.